The first-order valence-electron chi connectivity index (χ1n) is 10.5. The number of esters is 1. The van der Waals surface area contributed by atoms with Crippen molar-refractivity contribution in [2.24, 2.45) is 40.9 Å². The molecule has 0 aromatic rings. The van der Waals surface area contributed by atoms with E-state index in [-0.39, 0.29) is 17.0 Å². The second kappa shape index (κ2) is 6.32. The van der Waals surface area contributed by atoms with Gasteiger partial charge in [-0.15, -0.1) is 0 Å². The molecule has 3 saturated carbocycles. The van der Waals surface area contributed by atoms with Crippen molar-refractivity contribution in [3.8, 4) is 0 Å². The molecule has 3 fully saturated rings. The van der Waals surface area contributed by atoms with Crippen molar-refractivity contribution in [2.45, 2.75) is 92.1 Å². The average Bonchev–Trinajstić information content (AvgIpc) is 3.17. The van der Waals surface area contributed by atoms with E-state index in [1.165, 1.54) is 25.7 Å². The fraction of sp³-hybridized carbons (Fsp3) is 0.955. The van der Waals surface area contributed by atoms with E-state index in [9.17, 15) is 4.79 Å². The van der Waals surface area contributed by atoms with E-state index in [1.54, 1.807) is 0 Å². The Morgan fingerprint density at radius 3 is 2.46 bits per heavy atom. The summed E-state index contributed by atoms with van der Waals surface area (Å²) >= 11 is 0. The van der Waals surface area contributed by atoms with E-state index < -0.39 is 0 Å². The van der Waals surface area contributed by atoms with Crippen LogP contribution < -0.4 is 0 Å². The van der Waals surface area contributed by atoms with Gasteiger partial charge in [0.25, 0.3) is 0 Å². The molecule has 0 radical (unpaired) electrons. The van der Waals surface area contributed by atoms with Crippen LogP contribution in [-0.4, -0.2) is 11.6 Å². The molecule has 0 saturated heterocycles. The molecule has 3 rings (SSSR count). The highest BCUT2D eigenvalue weighted by Gasteiger charge is 2.62. The zero-order chi connectivity index (χ0) is 17.7. The average molecular weight is 335 g/mol. The number of fused-ring (bicyclic) bond motifs is 5. The number of hydrogen-bond acceptors (Lipinski definition) is 2. The lowest BCUT2D eigenvalue weighted by molar-refractivity contribution is -0.185. The van der Waals surface area contributed by atoms with Crippen molar-refractivity contribution >= 4 is 5.97 Å². The molecular formula is C22H38O2. The van der Waals surface area contributed by atoms with Gasteiger partial charge in [-0.25, -0.2) is 0 Å². The summed E-state index contributed by atoms with van der Waals surface area (Å²) in [7, 11) is 0. The number of ether oxygens (including phenoxy) is 1. The first-order valence-corrected chi connectivity index (χ1v) is 10.5. The SMILES string of the molecule is CCC1(OC(=O)C(C)(CC(C)C)C(C)C)CC2CC1C1CCCC21. The molecule has 138 valence electrons. The van der Waals surface area contributed by atoms with Gasteiger partial charge in [-0.3, -0.25) is 4.79 Å². The van der Waals surface area contributed by atoms with Crippen LogP contribution in [0.2, 0.25) is 0 Å². The third-order valence-corrected chi connectivity index (χ3v) is 8.05. The summed E-state index contributed by atoms with van der Waals surface area (Å²) in [5.74, 6) is 4.16. The van der Waals surface area contributed by atoms with Crippen molar-refractivity contribution < 1.29 is 9.53 Å². The van der Waals surface area contributed by atoms with E-state index in [4.69, 9.17) is 4.74 Å². The Bertz CT molecular complexity index is 482. The number of rotatable bonds is 6. The lowest BCUT2D eigenvalue weighted by Crippen LogP contribution is -2.48. The van der Waals surface area contributed by atoms with Crippen LogP contribution >= 0.6 is 0 Å². The maximum absolute atomic E-state index is 13.3. The Hall–Kier alpha value is -0.530. The van der Waals surface area contributed by atoms with Gasteiger partial charge < -0.3 is 4.74 Å². The highest BCUT2D eigenvalue weighted by atomic mass is 16.6. The summed E-state index contributed by atoms with van der Waals surface area (Å²) in [6.45, 7) is 13.2. The molecule has 0 N–H and O–H groups in total. The number of carbonyl (C=O) groups is 1. The van der Waals surface area contributed by atoms with E-state index >= 15 is 0 Å². The third-order valence-electron chi connectivity index (χ3n) is 8.05. The first kappa shape index (κ1) is 18.3. The van der Waals surface area contributed by atoms with Crippen molar-refractivity contribution in [1.29, 1.82) is 0 Å². The zero-order valence-corrected chi connectivity index (χ0v) is 16.7. The van der Waals surface area contributed by atoms with Crippen molar-refractivity contribution in [1.82, 2.24) is 0 Å². The highest BCUT2D eigenvalue weighted by molar-refractivity contribution is 5.77. The Morgan fingerprint density at radius 1 is 1.21 bits per heavy atom. The van der Waals surface area contributed by atoms with Gasteiger partial charge in [0.15, 0.2) is 0 Å². The fourth-order valence-corrected chi connectivity index (χ4v) is 6.51. The largest absolute Gasteiger partial charge is 0.458 e. The van der Waals surface area contributed by atoms with Crippen LogP contribution in [0.25, 0.3) is 0 Å². The predicted molar refractivity (Wildman–Crippen MR) is 98.6 cm³/mol. The lowest BCUT2D eigenvalue weighted by atomic mass is 9.70. The van der Waals surface area contributed by atoms with Crippen LogP contribution in [0.1, 0.15) is 86.5 Å². The molecule has 2 bridgehead atoms. The molecule has 3 aliphatic rings. The molecule has 0 aromatic carbocycles. The maximum atomic E-state index is 13.3. The monoisotopic (exact) mass is 334 g/mol. The molecular weight excluding hydrogens is 296 g/mol. The van der Waals surface area contributed by atoms with E-state index in [0.29, 0.717) is 17.8 Å². The van der Waals surface area contributed by atoms with Gasteiger partial charge in [-0.1, -0.05) is 41.0 Å². The molecule has 0 spiro atoms. The van der Waals surface area contributed by atoms with E-state index in [1.807, 2.05) is 0 Å². The normalized spacial score (nSPS) is 40.2. The van der Waals surface area contributed by atoms with Crippen LogP contribution in [0, 0.1) is 40.9 Å². The molecule has 6 atom stereocenters. The van der Waals surface area contributed by atoms with Gasteiger partial charge >= 0.3 is 5.97 Å². The van der Waals surface area contributed by atoms with Gasteiger partial charge in [-0.2, -0.15) is 0 Å². The van der Waals surface area contributed by atoms with Crippen molar-refractivity contribution in [2.75, 3.05) is 0 Å². The van der Waals surface area contributed by atoms with E-state index in [0.717, 1.165) is 37.0 Å². The molecule has 0 heterocycles. The molecule has 2 heteroatoms. The molecule has 0 aromatic heterocycles. The summed E-state index contributed by atoms with van der Waals surface area (Å²) in [6.07, 6.45) is 8.57. The minimum atomic E-state index is -0.354. The summed E-state index contributed by atoms with van der Waals surface area (Å²) in [5.41, 5.74) is -0.506. The van der Waals surface area contributed by atoms with Crippen molar-refractivity contribution in [3.05, 3.63) is 0 Å². The summed E-state index contributed by atoms with van der Waals surface area (Å²) < 4.78 is 6.48. The molecule has 6 unspecified atom stereocenters. The zero-order valence-electron chi connectivity index (χ0n) is 16.7. The highest BCUT2D eigenvalue weighted by Crippen LogP contribution is 2.64. The Labute approximate surface area is 149 Å². The summed E-state index contributed by atoms with van der Waals surface area (Å²) in [5, 5.41) is 0. The first-order chi connectivity index (χ1) is 11.2. The van der Waals surface area contributed by atoms with Gasteiger partial charge in [0.2, 0.25) is 0 Å². The minimum absolute atomic E-state index is 0.0788. The van der Waals surface area contributed by atoms with Gasteiger partial charge in [0, 0.05) is 5.92 Å². The molecule has 3 aliphatic carbocycles. The van der Waals surface area contributed by atoms with Gasteiger partial charge in [0.1, 0.15) is 5.60 Å². The summed E-state index contributed by atoms with van der Waals surface area (Å²) in [4.78, 5) is 13.3. The maximum Gasteiger partial charge on any atom is 0.312 e. The van der Waals surface area contributed by atoms with Crippen LogP contribution in [0.15, 0.2) is 0 Å². The molecule has 0 amide bonds. The number of hydrogen-bond donors (Lipinski definition) is 0. The second-order valence-corrected chi connectivity index (χ2v) is 10.0. The van der Waals surface area contributed by atoms with Crippen LogP contribution in [0.5, 0.6) is 0 Å². The molecule has 2 nitrogen and oxygen atoms in total. The number of carbonyl (C=O) groups excluding carboxylic acids is 1. The topological polar surface area (TPSA) is 26.3 Å². The third kappa shape index (κ3) is 2.72. The minimum Gasteiger partial charge on any atom is -0.458 e. The lowest BCUT2D eigenvalue weighted by Gasteiger charge is -2.44. The standard InChI is InChI=1S/C22H38O2/c1-7-22(13-16-11-19(22)18-10-8-9-17(16)18)24-20(23)21(6,15(4)5)12-14(2)3/h14-19H,7-13H2,1-6H3. The van der Waals surface area contributed by atoms with Crippen LogP contribution in [0.3, 0.4) is 0 Å². The molecule has 0 aliphatic heterocycles. The fourth-order valence-electron chi connectivity index (χ4n) is 6.51. The Morgan fingerprint density at radius 2 is 1.88 bits per heavy atom. The predicted octanol–water partition coefficient (Wildman–Crippen LogP) is 5.84. The Kier molecular flexibility index (Phi) is 4.81. The van der Waals surface area contributed by atoms with Gasteiger partial charge in [0.05, 0.1) is 5.41 Å². The Balaban J connectivity index is 1.79. The van der Waals surface area contributed by atoms with Crippen molar-refractivity contribution in [3.63, 3.8) is 0 Å². The molecule has 24 heavy (non-hydrogen) atoms. The van der Waals surface area contributed by atoms with Crippen LogP contribution in [0.4, 0.5) is 0 Å². The summed E-state index contributed by atoms with van der Waals surface area (Å²) in [6, 6.07) is 0. The second-order valence-electron chi connectivity index (χ2n) is 10.0. The smallest absolute Gasteiger partial charge is 0.312 e. The quantitative estimate of drug-likeness (QED) is 0.570. The van der Waals surface area contributed by atoms with Gasteiger partial charge in [-0.05, 0) is 75.0 Å². The van der Waals surface area contributed by atoms with Crippen LogP contribution in [-0.2, 0) is 9.53 Å². The van der Waals surface area contributed by atoms with E-state index in [2.05, 4.69) is 41.5 Å².